The van der Waals surface area contributed by atoms with Crippen molar-refractivity contribution >= 4 is 32.6 Å². The number of aryl methyl sites for hydroxylation is 3. The number of carbonyl (C=O) groups excluding carboxylic acids is 1. The van der Waals surface area contributed by atoms with Gasteiger partial charge in [-0.15, -0.1) is 6.58 Å². The molecule has 0 saturated heterocycles. The van der Waals surface area contributed by atoms with Crippen LogP contribution in [0.3, 0.4) is 0 Å². The van der Waals surface area contributed by atoms with Crippen molar-refractivity contribution in [1.29, 1.82) is 0 Å². The number of rotatable bonds is 2. The van der Waals surface area contributed by atoms with Crippen LogP contribution in [0.15, 0.2) is 79.5 Å². The highest BCUT2D eigenvalue weighted by Gasteiger charge is 2.10. The molecule has 30 heavy (non-hydrogen) atoms. The van der Waals surface area contributed by atoms with Crippen molar-refractivity contribution < 1.29 is 4.79 Å². The molecule has 0 aliphatic heterocycles. The van der Waals surface area contributed by atoms with Crippen LogP contribution in [0.1, 0.15) is 34.1 Å². The highest BCUT2D eigenvalue weighted by atomic mass is 32.1. The Morgan fingerprint density at radius 3 is 2.20 bits per heavy atom. The molecule has 0 saturated carbocycles. The maximum atomic E-state index is 12.1. The standard InChI is InChI=1S/C15H13N3OS.C7H8.C3H6/c1-9-3-5-11-13(7-9)20-15(17-11)18-14(19)12-6-4-10(2)8-16-12;1-7-5-3-2-4-6-7;1-3-2/h3-8H,1-2H3,(H,17,18,19);2-6H,1H3;3H,1H2,2H3. The van der Waals surface area contributed by atoms with Crippen molar-refractivity contribution in [2.75, 3.05) is 5.32 Å². The fourth-order valence-corrected chi connectivity index (χ4v) is 3.34. The number of amides is 1. The molecule has 0 fully saturated rings. The highest BCUT2D eigenvalue weighted by Crippen LogP contribution is 2.26. The lowest BCUT2D eigenvalue weighted by Gasteiger charge is -2.00. The Morgan fingerprint density at radius 1 is 0.967 bits per heavy atom. The SMILES string of the molecule is C=CC.Cc1ccc(C(=O)Nc2nc3ccc(C)cc3s2)nc1.Cc1ccccc1. The fraction of sp³-hybridized carbons (Fsp3) is 0.160. The van der Waals surface area contributed by atoms with Gasteiger partial charge < -0.3 is 0 Å². The Kier molecular flexibility index (Phi) is 8.91. The second-order valence-electron chi connectivity index (χ2n) is 6.73. The van der Waals surface area contributed by atoms with Gasteiger partial charge in [0.25, 0.3) is 5.91 Å². The summed E-state index contributed by atoms with van der Waals surface area (Å²) < 4.78 is 1.07. The molecule has 5 heteroatoms. The molecule has 0 atom stereocenters. The first-order valence-electron chi connectivity index (χ1n) is 9.63. The lowest BCUT2D eigenvalue weighted by atomic mass is 10.2. The summed E-state index contributed by atoms with van der Waals surface area (Å²) in [6.45, 7) is 11.3. The van der Waals surface area contributed by atoms with E-state index in [1.807, 2.05) is 57.2 Å². The highest BCUT2D eigenvalue weighted by molar-refractivity contribution is 7.22. The van der Waals surface area contributed by atoms with Crippen molar-refractivity contribution in [1.82, 2.24) is 9.97 Å². The lowest BCUT2D eigenvalue weighted by Crippen LogP contribution is -2.13. The molecule has 0 aliphatic carbocycles. The molecule has 2 aromatic heterocycles. The van der Waals surface area contributed by atoms with Gasteiger partial charge in [-0.2, -0.15) is 0 Å². The Bertz CT molecular complexity index is 1090. The van der Waals surface area contributed by atoms with E-state index in [-0.39, 0.29) is 5.91 Å². The minimum atomic E-state index is -0.235. The summed E-state index contributed by atoms with van der Waals surface area (Å²) in [5.41, 5.74) is 4.82. The van der Waals surface area contributed by atoms with Crippen LogP contribution < -0.4 is 5.32 Å². The number of pyridine rings is 1. The third kappa shape index (κ3) is 7.26. The minimum absolute atomic E-state index is 0.235. The maximum Gasteiger partial charge on any atom is 0.276 e. The molecule has 0 bridgehead atoms. The molecule has 0 spiro atoms. The van der Waals surface area contributed by atoms with Gasteiger partial charge in [0.15, 0.2) is 5.13 Å². The largest absolute Gasteiger partial charge is 0.296 e. The number of fused-ring (bicyclic) bond motifs is 1. The van der Waals surface area contributed by atoms with Crippen LogP contribution in [0.5, 0.6) is 0 Å². The average Bonchev–Trinajstić information content (AvgIpc) is 3.11. The molecular formula is C25H27N3OS. The molecule has 4 rings (SSSR count). The van der Waals surface area contributed by atoms with E-state index in [9.17, 15) is 4.79 Å². The molecule has 2 heterocycles. The summed E-state index contributed by atoms with van der Waals surface area (Å²) in [5.74, 6) is -0.235. The number of carbonyl (C=O) groups is 1. The van der Waals surface area contributed by atoms with Gasteiger partial charge in [0.1, 0.15) is 5.69 Å². The fourth-order valence-electron chi connectivity index (χ4n) is 2.38. The van der Waals surface area contributed by atoms with Crippen molar-refractivity contribution in [3.8, 4) is 0 Å². The second-order valence-corrected chi connectivity index (χ2v) is 7.76. The van der Waals surface area contributed by atoms with E-state index in [0.29, 0.717) is 10.8 Å². The first kappa shape index (κ1) is 23.0. The monoisotopic (exact) mass is 417 g/mol. The number of nitrogens with zero attached hydrogens (tertiary/aromatic N) is 2. The molecule has 4 aromatic rings. The molecule has 2 aromatic carbocycles. The molecule has 0 radical (unpaired) electrons. The number of aromatic nitrogens is 2. The summed E-state index contributed by atoms with van der Waals surface area (Å²) in [5, 5.41) is 3.39. The first-order valence-corrected chi connectivity index (χ1v) is 10.4. The second kappa shape index (κ2) is 11.6. The van der Waals surface area contributed by atoms with E-state index >= 15 is 0 Å². The number of nitrogens with one attached hydrogen (secondary N) is 1. The van der Waals surface area contributed by atoms with E-state index in [1.165, 1.54) is 22.5 Å². The topological polar surface area (TPSA) is 54.9 Å². The third-order valence-electron chi connectivity index (χ3n) is 3.85. The van der Waals surface area contributed by atoms with Gasteiger partial charge in [0, 0.05) is 6.20 Å². The van der Waals surface area contributed by atoms with Gasteiger partial charge >= 0.3 is 0 Å². The van der Waals surface area contributed by atoms with Crippen LogP contribution in [0.4, 0.5) is 5.13 Å². The van der Waals surface area contributed by atoms with Crippen LogP contribution in [-0.4, -0.2) is 15.9 Å². The number of thiazole rings is 1. The number of hydrogen-bond donors (Lipinski definition) is 1. The number of anilines is 1. The Labute approximate surface area is 182 Å². The molecular weight excluding hydrogens is 390 g/mol. The normalized spacial score (nSPS) is 9.60. The van der Waals surface area contributed by atoms with Gasteiger partial charge in [-0.05, 0) is 57.0 Å². The summed E-state index contributed by atoms with van der Waals surface area (Å²) in [7, 11) is 0. The predicted molar refractivity (Wildman–Crippen MR) is 128 cm³/mol. The summed E-state index contributed by atoms with van der Waals surface area (Å²) in [4.78, 5) is 20.6. The number of allylic oxidation sites excluding steroid dienone is 1. The van der Waals surface area contributed by atoms with Gasteiger partial charge in [0.05, 0.1) is 10.2 Å². The molecule has 1 N–H and O–H groups in total. The van der Waals surface area contributed by atoms with E-state index in [4.69, 9.17) is 0 Å². The summed E-state index contributed by atoms with van der Waals surface area (Å²) >= 11 is 1.47. The van der Waals surface area contributed by atoms with Crippen molar-refractivity contribution in [2.45, 2.75) is 27.7 Å². The zero-order valence-electron chi connectivity index (χ0n) is 17.8. The van der Waals surface area contributed by atoms with Crippen molar-refractivity contribution in [3.63, 3.8) is 0 Å². The number of hydrogen-bond acceptors (Lipinski definition) is 4. The van der Waals surface area contributed by atoms with E-state index in [1.54, 1.807) is 18.3 Å². The van der Waals surface area contributed by atoms with Crippen molar-refractivity contribution in [3.05, 3.63) is 102 Å². The Hall–Kier alpha value is -3.31. The van der Waals surface area contributed by atoms with Crippen LogP contribution >= 0.6 is 11.3 Å². The average molecular weight is 418 g/mol. The zero-order chi connectivity index (χ0) is 21.9. The van der Waals surface area contributed by atoms with Gasteiger partial charge in [-0.25, -0.2) is 4.98 Å². The first-order chi connectivity index (χ1) is 14.4. The van der Waals surface area contributed by atoms with Crippen LogP contribution in [-0.2, 0) is 0 Å². The Balaban J connectivity index is 0.000000266. The Morgan fingerprint density at radius 2 is 1.63 bits per heavy atom. The van der Waals surface area contributed by atoms with Crippen molar-refractivity contribution in [2.24, 2.45) is 0 Å². The molecule has 0 aliphatic rings. The van der Waals surface area contributed by atoms with Gasteiger partial charge in [-0.3, -0.25) is 15.1 Å². The van der Waals surface area contributed by atoms with Gasteiger partial charge in [-0.1, -0.05) is 65.4 Å². The van der Waals surface area contributed by atoms with Gasteiger partial charge in [0.2, 0.25) is 0 Å². The minimum Gasteiger partial charge on any atom is -0.296 e. The smallest absolute Gasteiger partial charge is 0.276 e. The quantitative estimate of drug-likeness (QED) is 0.367. The van der Waals surface area contributed by atoms with Crippen LogP contribution in [0.25, 0.3) is 10.2 Å². The lowest BCUT2D eigenvalue weighted by molar-refractivity contribution is 0.102. The molecule has 154 valence electrons. The van der Waals surface area contributed by atoms with E-state index in [0.717, 1.165) is 15.8 Å². The zero-order valence-corrected chi connectivity index (χ0v) is 18.7. The molecule has 1 amide bonds. The van der Waals surface area contributed by atoms with Crippen LogP contribution in [0, 0.1) is 20.8 Å². The maximum absolute atomic E-state index is 12.1. The predicted octanol–water partition coefficient (Wildman–Crippen LogP) is 6.75. The molecule has 4 nitrogen and oxygen atoms in total. The summed E-state index contributed by atoms with van der Waals surface area (Å²) in [6, 6.07) is 19.9. The van der Waals surface area contributed by atoms with E-state index in [2.05, 4.69) is 47.0 Å². The summed E-state index contributed by atoms with van der Waals surface area (Å²) in [6.07, 6.45) is 3.43. The number of benzene rings is 2. The van der Waals surface area contributed by atoms with Crippen LogP contribution in [0.2, 0.25) is 0 Å². The van der Waals surface area contributed by atoms with E-state index < -0.39 is 0 Å². The molecule has 0 unspecified atom stereocenters. The third-order valence-corrected chi connectivity index (χ3v) is 4.78.